The van der Waals surface area contributed by atoms with Gasteiger partial charge in [-0.2, -0.15) is 0 Å². The maximum atomic E-state index is 10.8. The van der Waals surface area contributed by atoms with Gasteiger partial charge in [0.25, 0.3) is 0 Å². The van der Waals surface area contributed by atoms with Crippen LogP contribution in [-0.2, 0) is 0 Å². The Kier molecular flexibility index (Phi) is 2.18. The number of pyridine rings is 1. The number of rotatable bonds is 1. The van der Waals surface area contributed by atoms with Gasteiger partial charge >= 0.3 is 6.03 Å². The summed E-state index contributed by atoms with van der Waals surface area (Å²) < 4.78 is 0.800. The van der Waals surface area contributed by atoms with E-state index in [4.69, 9.17) is 0 Å². The second kappa shape index (κ2) is 3.33. The molecule has 0 spiro atoms. The van der Waals surface area contributed by atoms with Crippen molar-refractivity contribution in [2.24, 2.45) is 0 Å². The molecule has 1 aliphatic heterocycles. The molecule has 0 unspecified atom stereocenters. The summed E-state index contributed by atoms with van der Waals surface area (Å²) in [6.45, 7) is 0.627. The van der Waals surface area contributed by atoms with Crippen molar-refractivity contribution in [3.8, 4) is 0 Å². The summed E-state index contributed by atoms with van der Waals surface area (Å²) >= 11 is 3.25. The number of hydrogen-bond donors (Lipinski definition) is 2. The number of nitrogens with zero attached hydrogens (tertiary/aromatic N) is 1. The highest BCUT2D eigenvalue weighted by Gasteiger charge is 2.21. The Hall–Kier alpha value is -1.10. The maximum Gasteiger partial charge on any atom is 0.315 e. The lowest BCUT2D eigenvalue weighted by Crippen LogP contribution is -2.21. The molecule has 4 nitrogen and oxygen atoms in total. The molecule has 1 aliphatic rings. The number of carbonyl (C=O) groups is 1. The van der Waals surface area contributed by atoms with Crippen LogP contribution in [0.5, 0.6) is 0 Å². The van der Waals surface area contributed by atoms with Crippen molar-refractivity contribution < 1.29 is 4.79 Å². The van der Waals surface area contributed by atoms with Crippen LogP contribution in [0.3, 0.4) is 0 Å². The van der Waals surface area contributed by atoms with Crippen molar-refractivity contribution in [2.45, 2.75) is 6.04 Å². The first kappa shape index (κ1) is 8.50. The lowest BCUT2D eigenvalue weighted by Gasteiger charge is -2.07. The summed E-state index contributed by atoms with van der Waals surface area (Å²) in [4.78, 5) is 14.9. The van der Waals surface area contributed by atoms with E-state index in [0.717, 1.165) is 10.2 Å². The molecule has 68 valence electrons. The van der Waals surface area contributed by atoms with Gasteiger partial charge in [-0.1, -0.05) is 6.07 Å². The highest BCUT2D eigenvalue weighted by molar-refractivity contribution is 9.10. The van der Waals surface area contributed by atoms with Gasteiger partial charge in [0.2, 0.25) is 0 Å². The third kappa shape index (κ3) is 1.80. The van der Waals surface area contributed by atoms with Crippen LogP contribution in [0.2, 0.25) is 0 Å². The Morgan fingerprint density at radius 3 is 2.92 bits per heavy atom. The SMILES string of the molecule is O=C1NC[C@H](c2ccc(Br)nc2)N1. The van der Waals surface area contributed by atoms with Crippen LogP contribution in [0.1, 0.15) is 11.6 Å². The predicted molar refractivity (Wildman–Crippen MR) is 51.2 cm³/mol. The molecule has 1 aromatic heterocycles. The molecule has 2 heterocycles. The molecule has 0 bridgehead atoms. The predicted octanol–water partition coefficient (Wildman–Crippen LogP) is 1.20. The molecule has 0 aromatic carbocycles. The van der Waals surface area contributed by atoms with Crippen LogP contribution < -0.4 is 10.6 Å². The van der Waals surface area contributed by atoms with Crippen LogP contribution in [0.15, 0.2) is 22.9 Å². The second-order valence-electron chi connectivity index (χ2n) is 2.82. The molecule has 5 heteroatoms. The van der Waals surface area contributed by atoms with E-state index in [1.54, 1.807) is 6.20 Å². The van der Waals surface area contributed by atoms with E-state index >= 15 is 0 Å². The van der Waals surface area contributed by atoms with Gasteiger partial charge in [0.15, 0.2) is 0 Å². The van der Waals surface area contributed by atoms with E-state index in [0.29, 0.717) is 6.54 Å². The largest absolute Gasteiger partial charge is 0.336 e. The lowest BCUT2D eigenvalue weighted by molar-refractivity contribution is 0.247. The van der Waals surface area contributed by atoms with Gasteiger partial charge in [-0.3, -0.25) is 0 Å². The topological polar surface area (TPSA) is 54.0 Å². The zero-order chi connectivity index (χ0) is 9.26. The summed E-state index contributed by atoms with van der Waals surface area (Å²) in [5.41, 5.74) is 1.02. The van der Waals surface area contributed by atoms with Gasteiger partial charge in [-0.15, -0.1) is 0 Å². The van der Waals surface area contributed by atoms with E-state index in [9.17, 15) is 4.79 Å². The normalized spacial score (nSPS) is 21.0. The minimum Gasteiger partial charge on any atom is -0.336 e. The Bertz CT molecular complexity index is 325. The number of aromatic nitrogens is 1. The highest BCUT2D eigenvalue weighted by atomic mass is 79.9. The Morgan fingerprint density at radius 2 is 2.38 bits per heavy atom. The fourth-order valence-corrected chi connectivity index (χ4v) is 1.48. The molecule has 13 heavy (non-hydrogen) atoms. The molecular formula is C8H8BrN3O. The van der Waals surface area contributed by atoms with Crippen molar-refractivity contribution in [1.82, 2.24) is 15.6 Å². The molecule has 1 aromatic rings. The third-order valence-electron chi connectivity index (χ3n) is 1.92. The first-order chi connectivity index (χ1) is 6.25. The molecule has 1 saturated heterocycles. The van der Waals surface area contributed by atoms with Crippen LogP contribution in [0.25, 0.3) is 0 Å². The van der Waals surface area contributed by atoms with Gasteiger partial charge in [-0.25, -0.2) is 9.78 Å². The van der Waals surface area contributed by atoms with Crippen LogP contribution >= 0.6 is 15.9 Å². The van der Waals surface area contributed by atoms with Crippen molar-refractivity contribution in [1.29, 1.82) is 0 Å². The molecule has 0 radical (unpaired) electrons. The highest BCUT2D eigenvalue weighted by Crippen LogP contribution is 2.15. The average molecular weight is 242 g/mol. The molecule has 0 saturated carbocycles. The molecule has 2 N–H and O–H groups in total. The zero-order valence-corrected chi connectivity index (χ0v) is 8.34. The fraction of sp³-hybridized carbons (Fsp3) is 0.250. The van der Waals surface area contributed by atoms with Crippen molar-refractivity contribution in [3.63, 3.8) is 0 Å². The minimum atomic E-state index is -0.118. The zero-order valence-electron chi connectivity index (χ0n) is 6.75. The van der Waals surface area contributed by atoms with Crippen LogP contribution in [0.4, 0.5) is 4.79 Å². The number of nitrogens with one attached hydrogen (secondary N) is 2. The Morgan fingerprint density at radius 1 is 1.54 bits per heavy atom. The number of halogens is 1. The van der Waals surface area contributed by atoms with Gasteiger partial charge in [0.05, 0.1) is 6.04 Å². The number of amides is 2. The quantitative estimate of drug-likeness (QED) is 0.727. The summed E-state index contributed by atoms with van der Waals surface area (Å²) in [7, 11) is 0. The summed E-state index contributed by atoms with van der Waals surface area (Å²) in [5.74, 6) is 0. The number of urea groups is 1. The monoisotopic (exact) mass is 241 g/mol. The summed E-state index contributed by atoms with van der Waals surface area (Å²) in [6.07, 6.45) is 1.75. The molecule has 1 fully saturated rings. The van der Waals surface area contributed by atoms with Gasteiger partial charge in [0.1, 0.15) is 4.60 Å². The van der Waals surface area contributed by atoms with Gasteiger partial charge in [-0.05, 0) is 27.6 Å². The Balaban J connectivity index is 2.17. The maximum absolute atomic E-state index is 10.8. The van der Waals surface area contributed by atoms with E-state index in [1.807, 2.05) is 12.1 Å². The average Bonchev–Trinajstić information content (AvgIpc) is 2.53. The molecular weight excluding hydrogens is 234 g/mol. The summed E-state index contributed by atoms with van der Waals surface area (Å²) in [5, 5.41) is 5.48. The lowest BCUT2D eigenvalue weighted by atomic mass is 10.1. The molecule has 0 aliphatic carbocycles. The number of carbonyl (C=O) groups excluding carboxylic acids is 1. The van der Waals surface area contributed by atoms with E-state index in [-0.39, 0.29) is 12.1 Å². The molecule has 1 atom stereocenters. The Labute approximate surface area is 83.9 Å². The van der Waals surface area contributed by atoms with Crippen molar-refractivity contribution >= 4 is 22.0 Å². The molecule has 2 amide bonds. The van der Waals surface area contributed by atoms with Crippen molar-refractivity contribution in [2.75, 3.05) is 6.54 Å². The first-order valence-electron chi connectivity index (χ1n) is 3.91. The number of hydrogen-bond acceptors (Lipinski definition) is 2. The van der Waals surface area contributed by atoms with Crippen LogP contribution in [-0.4, -0.2) is 17.6 Å². The van der Waals surface area contributed by atoms with E-state index in [1.165, 1.54) is 0 Å². The van der Waals surface area contributed by atoms with Crippen LogP contribution in [0, 0.1) is 0 Å². The van der Waals surface area contributed by atoms with Gasteiger partial charge in [0, 0.05) is 12.7 Å². The minimum absolute atomic E-state index is 0.0492. The van der Waals surface area contributed by atoms with E-state index in [2.05, 4.69) is 31.5 Å². The first-order valence-corrected chi connectivity index (χ1v) is 4.71. The van der Waals surface area contributed by atoms with E-state index < -0.39 is 0 Å². The van der Waals surface area contributed by atoms with Crippen molar-refractivity contribution in [3.05, 3.63) is 28.5 Å². The summed E-state index contributed by atoms with van der Waals surface area (Å²) in [6, 6.07) is 3.73. The third-order valence-corrected chi connectivity index (χ3v) is 2.39. The molecule has 2 rings (SSSR count). The standard InChI is InChI=1S/C8H8BrN3O/c9-7-2-1-5(3-10-7)6-4-11-8(13)12-6/h1-3,6H,4H2,(H2,11,12,13)/t6-/m1/s1. The second-order valence-corrected chi connectivity index (χ2v) is 3.63. The van der Waals surface area contributed by atoms with Gasteiger partial charge < -0.3 is 10.6 Å². The fourth-order valence-electron chi connectivity index (χ4n) is 1.25. The smallest absolute Gasteiger partial charge is 0.315 e.